The topological polar surface area (TPSA) is 60.7 Å². The lowest BCUT2D eigenvalue weighted by Gasteiger charge is -2.44. The minimum absolute atomic E-state index is 0.120. The summed E-state index contributed by atoms with van der Waals surface area (Å²) in [5.74, 6) is 0.640. The molecule has 1 aromatic carbocycles. The number of phenolic OH excluding ortho intramolecular Hbond substituents is 2. The molecule has 80 valence electrons. The van der Waals surface area contributed by atoms with Crippen molar-refractivity contribution in [1.29, 1.82) is 0 Å². The Bertz CT molecular complexity index is 417. The molecule has 3 N–H and O–H groups in total. The van der Waals surface area contributed by atoms with Gasteiger partial charge in [0.25, 0.3) is 0 Å². The Morgan fingerprint density at radius 3 is 2.27 bits per heavy atom. The van der Waals surface area contributed by atoms with Gasteiger partial charge in [0.2, 0.25) is 0 Å². The van der Waals surface area contributed by atoms with Crippen LogP contribution >= 0.6 is 0 Å². The lowest BCUT2D eigenvalue weighted by atomic mass is 9.64. The average Bonchev–Trinajstić information content (AvgIpc) is 2.23. The molecule has 0 unspecified atom stereocenters. The molecule has 0 saturated heterocycles. The highest BCUT2D eigenvalue weighted by atomic mass is 16.3. The van der Waals surface area contributed by atoms with Crippen molar-refractivity contribution >= 4 is 0 Å². The fourth-order valence-electron chi connectivity index (χ4n) is 3.13. The van der Waals surface area contributed by atoms with Crippen LogP contribution in [0.2, 0.25) is 0 Å². The van der Waals surface area contributed by atoms with Crippen LogP contribution in [-0.4, -0.2) is 15.3 Å². The van der Waals surface area contributed by atoms with Gasteiger partial charge in [0, 0.05) is 11.1 Å². The van der Waals surface area contributed by atoms with Crippen LogP contribution in [0, 0.1) is 0 Å². The largest absolute Gasteiger partial charge is 0.508 e. The van der Waals surface area contributed by atoms with Crippen molar-refractivity contribution in [2.24, 2.45) is 0 Å². The van der Waals surface area contributed by atoms with E-state index in [1.54, 1.807) is 0 Å². The quantitative estimate of drug-likeness (QED) is 0.569. The molecule has 0 atom stereocenters. The predicted octanol–water partition coefficient (Wildman–Crippen LogP) is 1.96. The van der Waals surface area contributed by atoms with Crippen LogP contribution in [0.15, 0.2) is 12.1 Å². The molecule has 0 radical (unpaired) electrons. The summed E-state index contributed by atoms with van der Waals surface area (Å²) in [6.07, 6.45) is 3.20. The summed E-state index contributed by atoms with van der Waals surface area (Å²) in [5, 5.41) is 30.0. The first-order valence-electron chi connectivity index (χ1n) is 5.39. The molecule has 1 aromatic rings. The average molecular weight is 206 g/mol. The molecule has 3 nitrogen and oxygen atoms in total. The van der Waals surface area contributed by atoms with E-state index in [0.29, 0.717) is 24.3 Å². The van der Waals surface area contributed by atoms with E-state index in [1.165, 1.54) is 12.1 Å². The zero-order chi connectivity index (χ0) is 10.6. The molecule has 3 aliphatic carbocycles. The molecule has 15 heavy (non-hydrogen) atoms. The first-order chi connectivity index (χ1) is 7.12. The van der Waals surface area contributed by atoms with Crippen LogP contribution in [0.1, 0.15) is 42.7 Å². The van der Waals surface area contributed by atoms with Gasteiger partial charge in [-0.3, -0.25) is 0 Å². The third-order valence-electron chi connectivity index (χ3n) is 3.89. The van der Waals surface area contributed by atoms with Crippen molar-refractivity contribution in [1.82, 2.24) is 0 Å². The Hall–Kier alpha value is -1.22. The fourth-order valence-corrected chi connectivity index (χ4v) is 3.13. The third-order valence-corrected chi connectivity index (χ3v) is 3.89. The van der Waals surface area contributed by atoms with Gasteiger partial charge in [-0.1, -0.05) is 0 Å². The van der Waals surface area contributed by atoms with Gasteiger partial charge in [0.15, 0.2) is 0 Å². The summed E-state index contributed by atoms with van der Waals surface area (Å²) < 4.78 is 0. The summed E-state index contributed by atoms with van der Waals surface area (Å²) in [5.41, 5.74) is 0.437. The molecule has 3 aliphatic rings. The Morgan fingerprint density at radius 2 is 1.67 bits per heavy atom. The van der Waals surface area contributed by atoms with Gasteiger partial charge in [0.1, 0.15) is 11.5 Å². The van der Waals surface area contributed by atoms with Crippen LogP contribution in [0.5, 0.6) is 11.5 Å². The highest BCUT2D eigenvalue weighted by Crippen LogP contribution is 2.56. The van der Waals surface area contributed by atoms with E-state index in [0.717, 1.165) is 18.4 Å². The minimum Gasteiger partial charge on any atom is -0.508 e. The molecular formula is C12H14O3. The minimum atomic E-state index is -0.910. The van der Waals surface area contributed by atoms with Crippen LogP contribution in [-0.2, 0) is 5.60 Å². The van der Waals surface area contributed by atoms with Gasteiger partial charge in [0.05, 0.1) is 5.60 Å². The number of fused-ring (bicyclic) bond motifs is 2. The maximum absolute atomic E-state index is 10.4. The first kappa shape index (κ1) is 9.04. The zero-order valence-electron chi connectivity index (χ0n) is 8.40. The van der Waals surface area contributed by atoms with Gasteiger partial charge >= 0.3 is 0 Å². The van der Waals surface area contributed by atoms with Crippen LogP contribution in [0.4, 0.5) is 0 Å². The van der Waals surface area contributed by atoms with E-state index in [4.69, 9.17) is 0 Å². The molecule has 0 heterocycles. The molecule has 2 bridgehead atoms. The maximum atomic E-state index is 10.4. The fraction of sp³-hybridized carbons (Fsp3) is 0.500. The smallest absolute Gasteiger partial charge is 0.122 e. The summed E-state index contributed by atoms with van der Waals surface area (Å²) in [4.78, 5) is 0. The summed E-state index contributed by atoms with van der Waals surface area (Å²) >= 11 is 0. The Balaban J connectivity index is 2.33. The first-order valence-corrected chi connectivity index (χ1v) is 5.39. The van der Waals surface area contributed by atoms with Gasteiger partial charge in [-0.05, 0) is 43.7 Å². The molecule has 0 aromatic heterocycles. The molecule has 0 spiro atoms. The van der Waals surface area contributed by atoms with Crippen LogP contribution in [0.3, 0.4) is 0 Å². The predicted molar refractivity (Wildman–Crippen MR) is 54.9 cm³/mol. The standard InChI is InChI=1S/C12H14O3/c13-8-1-2-9(14)11-10(8)7-3-5-12(11,15)6-4-7/h1-2,7,13-15H,3-6H2. The van der Waals surface area contributed by atoms with E-state index < -0.39 is 5.60 Å². The Morgan fingerprint density at radius 1 is 1.07 bits per heavy atom. The third kappa shape index (κ3) is 1.04. The second kappa shape index (κ2) is 2.67. The van der Waals surface area contributed by atoms with Crippen LogP contribution in [0.25, 0.3) is 0 Å². The monoisotopic (exact) mass is 206 g/mol. The number of hydrogen-bond donors (Lipinski definition) is 3. The number of phenols is 2. The summed E-state index contributed by atoms with van der Waals surface area (Å²) in [7, 11) is 0. The number of benzene rings is 1. The maximum Gasteiger partial charge on any atom is 0.122 e. The zero-order valence-corrected chi connectivity index (χ0v) is 8.40. The number of aliphatic hydroxyl groups is 1. The van der Waals surface area contributed by atoms with E-state index in [9.17, 15) is 15.3 Å². The van der Waals surface area contributed by atoms with Crippen molar-refractivity contribution < 1.29 is 15.3 Å². The van der Waals surface area contributed by atoms with Crippen molar-refractivity contribution in [2.45, 2.75) is 37.2 Å². The molecule has 1 fully saturated rings. The highest BCUT2D eigenvalue weighted by molar-refractivity contribution is 5.55. The van der Waals surface area contributed by atoms with Gasteiger partial charge in [-0.15, -0.1) is 0 Å². The molecular weight excluding hydrogens is 192 g/mol. The Labute approximate surface area is 88.0 Å². The Kier molecular flexibility index (Phi) is 1.61. The van der Waals surface area contributed by atoms with Gasteiger partial charge in [-0.25, -0.2) is 0 Å². The van der Waals surface area contributed by atoms with Gasteiger partial charge < -0.3 is 15.3 Å². The second-order valence-corrected chi connectivity index (χ2v) is 4.70. The van der Waals surface area contributed by atoms with Crippen molar-refractivity contribution in [3.63, 3.8) is 0 Å². The molecule has 3 heteroatoms. The highest BCUT2D eigenvalue weighted by Gasteiger charge is 2.46. The van der Waals surface area contributed by atoms with Crippen molar-refractivity contribution in [3.8, 4) is 11.5 Å². The molecule has 1 saturated carbocycles. The van der Waals surface area contributed by atoms with Gasteiger partial charge in [-0.2, -0.15) is 0 Å². The van der Waals surface area contributed by atoms with Crippen molar-refractivity contribution in [2.75, 3.05) is 0 Å². The summed E-state index contributed by atoms with van der Waals surface area (Å²) in [6.45, 7) is 0. The molecule has 0 amide bonds. The second-order valence-electron chi connectivity index (χ2n) is 4.70. The lowest BCUT2D eigenvalue weighted by Crippen LogP contribution is -2.37. The SMILES string of the molecule is Oc1ccc(O)c2c1C1CCC2(O)CC1. The van der Waals surface area contributed by atoms with E-state index in [2.05, 4.69) is 0 Å². The number of aromatic hydroxyl groups is 2. The van der Waals surface area contributed by atoms with Crippen LogP contribution < -0.4 is 0 Å². The lowest BCUT2D eigenvalue weighted by molar-refractivity contribution is -0.0223. The van der Waals surface area contributed by atoms with E-state index in [-0.39, 0.29) is 11.5 Å². The molecule has 0 aliphatic heterocycles. The van der Waals surface area contributed by atoms with Crippen molar-refractivity contribution in [3.05, 3.63) is 23.3 Å². The van der Waals surface area contributed by atoms with E-state index >= 15 is 0 Å². The number of rotatable bonds is 0. The summed E-state index contributed by atoms with van der Waals surface area (Å²) in [6, 6.07) is 2.98. The normalized spacial score (nSPS) is 32.7. The number of hydrogen-bond acceptors (Lipinski definition) is 3. The van der Waals surface area contributed by atoms with E-state index in [1.807, 2.05) is 0 Å². The molecule has 4 rings (SSSR count).